The highest BCUT2D eigenvalue weighted by Gasteiger charge is 2.22. The molecule has 0 saturated carbocycles. The van der Waals surface area contributed by atoms with Gasteiger partial charge in [-0.15, -0.1) is 0 Å². The summed E-state index contributed by atoms with van der Waals surface area (Å²) in [7, 11) is 0. The van der Waals surface area contributed by atoms with E-state index in [-0.39, 0.29) is 5.91 Å². The molecule has 3 heterocycles. The van der Waals surface area contributed by atoms with Crippen LogP contribution in [0.5, 0.6) is 0 Å². The van der Waals surface area contributed by atoms with Gasteiger partial charge < -0.3 is 10.2 Å². The number of nitrogens with zero attached hydrogens (tertiary/aromatic N) is 3. The minimum atomic E-state index is 0.138. The van der Waals surface area contributed by atoms with Gasteiger partial charge >= 0.3 is 0 Å². The van der Waals surface area contributed by atoms with Crippen molar-refractivity contribution in [2.24, 2.45) is 0 Å². The molecule has 1 aliphatic rings. The van der Waals surface area contributed by atoms with Gasteiger partial charge in [-0.1, -0.05) is 11.3 Å². The Hall–Kier alpha value is -1.40. The van der Waals surface area contributed by atoms with Crippen molar-refractivity contribution in [2.75, 3.05) is 26.2 Å². The maximum atomic E-state index is 12.4. The number of nitrogens with one attached hydrogen (secondary N) is 1. The van der Waals surface area contributed by atoms with Gasteiger partial charge in [-0.2, -0.15) is 0 Å². The lowest BCUT2D eigenvalue weighted by molar-refractivity contribution is 0.0739. The molecule has 90 valence electrons. The highest BCUT2D eigenvalue weighted by atomic mass is 32.1. The van der Waals surface area contributed by atoms with Crippen LogP contribution in [0.15, 0.2) is 12.4 Å². The van der Waals surface area contributed by atoms with Gasteiger partial charge in [0.25, 0.3) is 5.91 Å². The Labute approximate surface area is 103 Å². The normalized spacial score (nSPS) is 16.6. The van der Waals surface area contributed by atoms with E-state index in [0.717, 1.165) is 41.7 Å². The van der Waals surface area contributed by atoms with Crippen LogP contribution in [0.3, 0.4) is 0 Å². The lowest BCUT2D eigenvalue weighted by Gasteiger charge is -2.27. The maximum Gasteiger partial charge on any atom is 0.265 e. The first-order chi connectivity index (χ1) is 8.27. The molecule has 17 heavy (non-hydrogen) atoms. The van der Waals surface area contributed by atoms with E-state index < -0.39 is 0 Å². The summed E-state index contributed by atoms with van der Waals surface area (Å²) < 4.78 is 1.97. The Morgan fingerprint density at radius 1 is 1.47 bits per heavy atom. The van der Waals surface area contributed by atoms with E-state index >= 15 is 0 Å². The number of fused-ring (bicyclic) bond motifs is 1. The molecular formula is C11H14N4OS. The fourth-order valence-corrected chi connectivity index (χ4v) is 3.16. The second kappa shape index (κ2) is 4.12. The van der Waals surface area contributed by atoms with Gasteiger partial charge in [0.2, 0.25) is 0 Å². The van der Waals surface area contributed by atoms with E-state index in [4.69, 9.17) is 0 Å². The molecule has 0 unspecified atom stereocenters. The quantitative estimate of drug-likeness (QED) is 0.812. The van der Waals surface area contributed by atoms with Crippen LogP contribution in [-0.2, 0) is 0 Å². The Bertz CT molecular complexity index is 553. The minimum Gasteiger partial charge on any atom is -0.335 e. The molecule has 6 heteroatoms. The third-order valence-electron chi connectivity index (χ3n) is 3.09. The maximum absolute atomic E-state index is 12.4. The van der Waals surface area contributed by atoms with Crippen molar-refractivity contribution in [3.05, 3.63) is 23.0 Å². The highest BCUT2D eigenvalue weighted by molar-refractivity contribution is 7.19. The van der Waals surface area contributed by atoms with E-state index in [9.17, 15) is 4.79 Å². The number of hydrogen-bond acceptors (Lipinski definition) is 4. The molecule has 0 atom stereocenters. The van der Waals surface area contributed by atoms with Crippen molar-refractivity contribution in [3.8, 4) is 0 Å². The third-order valence-corrected chi connectivity index (χ3v) is 4.25. The first-order valence-corrected chi connectivity index (χ1v) is 6.51. The third kappa shape index (κ3) is 1.73. The van der Waals surface area contributed by atoms with E-state index in [0.29, 0.717) is 0 Å². The summed E-state index contributed by atoms with van der Waals surface area (Å²) in [6.45, 7) is 5.32. The second-order valence-electron chi connectivity index (χ2n) is 4.14. The summed E-state index contributed by atoms with van der Waals surface area (Å²) in [6, 6.07) is 0. The van der Waals surface area contributed by atoms with Crippen LogP contribution in [0.2, 0.25) is 0 Å². The van der Waals surface area contributed by atoms with Crippen molar-refractivity contribution < 1.29 is 4.79 Å². The summed E-state index contributed by atoms with van der Waals surface area (Å²) in [5.74, 6) is 0.138. The van der Waals surface area contributed by atoms with Gasteiger partial charge in [0, 0.05) is 44.3 Å². The SMILES string of the molecule is Cc1c(C(=O)N2CCNCC2)sc2nccn12. The molecule has 2 aromatic heterocycles. The predicted molar refractivity (Wildman–Crippen MR) is 66.6 cm³/mol. The van der Waals surface area contributed by atoms with E-state index in [1.54, 1.807) is 6.20 Å². The van der Waals surface area contributed by atoms with Gasteiger partial charge in [-0.3, -0.25) is 9.20 Å². The van der Waals surface area contributed by atoms with Gasteiger partial charge in [0.05, 0.1) is 0 Å². The minimum absolute atomic E-state index is 0.138. The van der Waals surface area contributed by atoms with Crippen LogP contribution >= 0.6 is 11.3 Å². The monoisotopic (exact) mass is 250 g/mol. The van der Waals surface area contributed by atoms with Crippen LogP contribution < -0.4 is 5.32 Å². The molecule has 5 nitrogen and oxygen atoms in total. The molecule has 1 amide bonds. The average Bonchev–Trinajstić information content (AvgIpc) is 2.93. The van der Waals surface area contributed by atoms with Crippen molar-refractivity contribution in [1.82, 2.24) is 19.6 Å². The Morgan fingerprint density at radius 3 is 2.94 bits per heavy atom. The van der Waals surface area contributed by atoms with Crippen LogP contribution in [0.25, 0.3) is 4.96 Å². The smallest absolute Gasteiger partial charge is 0.265 e. The summed E-state index contributed by atoms with van der Waals surface area (Å²) in [4.78, 5) is 20.2. The summed E-state index contributed by atoms with van der Waals surface area (Å²) in [6.07, 6.45) is 3.66. The predicted octanol–water partition coefficient (Wildman–Crippen LogP) is 0.750. The van der Waals surface area contributed by atoms with Crippen LogP contribution in [-0.4, -0.2) is 46.4 Å². The highest BCUT2D eigenvalue weighted by Crippen LogP contribution is 2.23. The van der Waals surface area contributed by atoms with Crippen LogP contribution in [0.1, 0.15) is 15.4 Å². The molecule has 2 aromatic rings. The van der Waals surface area contributed by atoms with Crippen molar-refractivity contribution in [1.29, 1.82) is 0 Å². The molecule has 0 aromatic carbocycles. The molecule has 0 aliphatic carbocycles. The molecule has 1 aliphatic heterocycles. The molecular weight excluding hydrogens is 236 g/mol. The summed E-state index contributed by atoms with van der Waals surface area (Å²) in [5, 5.41) is 3.25. The molecule has 1 fully saturated rings. The summed E-state index contributed by atoms with van der Waals surface area (Å²) in [5.41, 5.74) is 0.992. The van der Waals surface area contributed by atoms with Crippen molar-refractivity contribution in [2.45, 2.75) is 6.92 Å². The molecule has 1 N–H and O–H groups in total. The molecule has 0 radical (unpaired) electrons. The number of amides is 1. The number of thiazole rings is 1. The zero-order chi connectivity index (χ0) is 11.8. The zero-order valence-electron chi connectivity index (χ0n) is 9.64. The van der Waals surface area contributed by atoms with E-state index in [1.807, 2.05) is 22.4 Å². The fraction of sp³-hybridized carbons (Fsp3) is 0.455. The number of aryl methyl sites for hydroxylation is 1. The van der Waals surface area contributed by atoms with Crippen molar-refractivity contribution >= 4 is 22.2 Å². The molecule has 3 rings (SSSR count). The van der Waals surface area contributed by atoms with E-state index in [1.165, 1.54) is 11.3 Å². The number of piperazine rings is 1. The lowest BCUT2D eigenvalue weighted by Crippen LogP contribution is -2.46. The Kier molecular flexibility index (Phi) is 2.60. The first-order valence-electron chi connectivity index (χ1n) is 5.70. The Balaban J connectivity index is 1.94. The number of carbonyl (C=O) groups is 1. The van der Waals surface area contributed by atoms with E-state index in [2.05, 4.69) is 10.3 Å². The molecule has 1 saturated heterocycles. The standard InChI is InChI=1S/C11H14N4OS/c1-8-9(17-11-13-4-7-15(8)11)10(16)14-5-2-12-3-6-14/h4,7,12H,2-3,5-6H2,1H3. The van der Waals surface area contributed by atoms with Crippen molar-refractivity contribution in [3.63, 3.8) is 0 Å². The largest absolute Gasteiger partial charge is 0.335 e. The van der Waals surface area contributed by atoms with Crippen LogP contribution in [0.4, 0.5) is 0 Å². The topological polar surface area (TPSA) is 49.6 Å². The number of carbonyl (C=O) groups excluding carboxylic acids is 1. The van der Waals surface area contributed by atoms with Gasteiger partial charge in [-0.05, 0) is 6.92 Å². The average molecular weight is 250 g/mol. The van der Waals surface area contributed by atoms with Gasteiger partial charge in [0.1, 0.15) is 4.88 Å². The number of aromatic nitrogens is 2. The zero-order valence-corrected chi connectivity index (χ0v) is 10.5. The number of imidazole rings is 1. The first kappa shape index (κ1) is 10.7. The molecule has 0 bridgehead atoms. The van der Waals surface area contributed by atoms with Crippen LogP contribution in [0, 0.1) is 6.92 Å². The Morgan fingerprint density at radius 2 is 2.24 bits per heavy atom. The van der Waals surface area contributed by atoms with Gasteiger partial charge in [-0.25, -0.2) is 4.98 Å². The number of hydrogen-bond donors (Lipinski definition) is 1. The van der Waals surface area contributed by atoms with Gasteiger partial charge in [0.15, 0.2) is 4.96 Å². The number of rotatable bonds is 1. The fourth-order valence-electron chi connectivity index (χ4n) is 2.11. The lowest BCUT2D eigenvalue weighted by atomic mass is 10.3. The molecule has 0 spiro atoms. The summed E-state index contributed by atoms with van der Waals surface area (Å²) >= 11 is 1.47. The second-order valence-corrected chi connectivity index (χ2v) is 5.12.